The Hall–Kier alpha value is -2.21. The van der Waals surface area contributed by atoms with E-state index in [1.54, 1.807) is 6.07 Å². The lowest BCUT2D eigenvalue weighted by molar-refractivity contribution is -0.117. The van der Waals surface area contributed by atoms with E-state index in [1.165, 1.54) is 36.1 Å². The first-order chi connectivity index (χ1) is 11.4. The largest absolute Gasteiger partial charge is 0.326 e. The van der Waals surface area contributed by atoms with E-state index in [2.05, 4.69) is 21.2 Å². The Morgan fingerprint density at radius 2 is 1.83 bits per heavy atom. The molecular weight excluding hydrogens is 375 g/mol. The molecule has 0 aliphatic heterocycles. The molecule has 0 saturated heterocycles. The van der Waals surface area contributed by atoms with Crippen molar-refractivity contribution in [3.63, 3.8) is 0 Å². The molecule has 2 aromatic carbocycles. The fourth-order valence-electron chi connectivity index (χ4n) is 2.25. The molecule has 0 heterocycles. The van der Waals surface area contributed by atoms with Crippen LogP contribution >= 0.6 is 15.9 Å². The lowest BCUT2D eigenvalue weighted by Gasteiger charge is -2.21. The molecule has 6 heteroatoms. The van der Waals surface area contributed by atoms with Crippen LogP contribution in [0.15, 0.2) is 46.9 Å². The van der Waals surface area contributed by atoms with Gasteiger partial charge in [0.15, 0.2) is 0 Å². The average molecular weight is 393 g/mol. The molecular formula is C18H18BrFN2O2. The zero-order valence-corrected chi connectivity index (χ0v) is 15.1. The minimum absolute atomic E-state index is 0.145. The van der Waals surface area contributed by atoms with Gasteiger partial charge in [-0.05, 0) is 55.0 Å². The van der Waals surface area contributed by atoms with Crippen molar-refractivity contribution in [2.24, 2.45) is 0 Å². The molecule has 0 fully saturated rings. The van der Waals surface area contributed by atoms with Crippen LogP contribution in [0.1, 0.15) is 18.9 Å². The zero-order chi connectivity index (χ0) is 17.7. The van der Waals surface area contributed by atoms with Crippen LogP contribution in [0, 0.1) is 12.7 Å². The second kappa shape index (κ2) is 8.06. The number of hydrogen-bond acceptors (Lipinski definition) is 2. The van der Waals surface area contributed by atoms with Crippen molar-refractivity contribution < 1.29 is 14.0 Å². The first-order valence-electron chi connectivity index (χ1n) is 7.46. The number of rotatable bonds is 5. The van der Waals surface area contributed by atoms with Gasteiger partial charge in [0, 0.05) is 35.7 Å². The maximum atomic E-state index is 13.0. The van der Waals surface area contributed by atoms with Crippen molar-refractivity contribution in [1.82, 2.24) is 0 Å². The first kappa shape index (κ1) is 18.1. The number of anilines is 2. The summed E-state index contributed by atoms with van der Waals surface area (Å²) in [5.74, 6) is -0.760. The van der Waals surface area contributed by atoms with E-state index in [4.69, 9.17) is 0 Å². The Morgan fingerprint density at radius 1 is 1.17 bits per heavy atom. The first-order valence-corrected chi connectivity index (χ1v) is 8.26. The van der Waals surface area contributed by atoms with Crippen LogP contribution in [0.2, 0.25) is 0 Å². The van der Waals surface area contributed by atoms with E-state index in [0.29, 0.717) is 11.4 Å². The number of amides is 2. The van der Waals surface area contributed by atoms with Gasteiger partial charge in [-0.15, -0.1) is 0 Å². The highest BCUT2D eigenvalue weighted by atomic mass is 79.9. The SMILES string of the molecule is CC(=O)N(CCC(=O)Nc1ccc(Br)c(C)c1)c1ccc(F)cc1. The summed E-state index contributed by atoms with van der Waals surface area (Å²) in [6.45, 7) is 3.58. The number of nitrogens with one attached hydrogen (secondary N) is 1. The lowest BCUT2D eigenvalue weighted by atomic mass is 10.2. The molecule has 1 N–H and O–H groups in total. The van der Waals surface area contributed by atoms with Gasteiger partial charge in [0.1, 0.15) is 5.82 Å². The molecule has 0 atom stereocenters. The maximum Gasteiger partial charge on any atom is 0.226 e. The second-order valence-corrected chi connectivity index (χ2v) is 6.26. The van der Waals surface area contributed by atoms with Crippen molar-refractivity contribution in [2.45, 2.75) is 20.3 Å². The number of carbonyl (C=O) groups excluding carboxylic acids is 2. The van der Waals surface area contributed by atoms with E-state index < -0.39 is 0 Å². The number of benzene rings is 2. The van der Waals surface area contributed by atoms with E-state index >= 15 is 0 Å². The number of nitrogens with zero attached hydrogens (tertiary/aromatic N) is 1. The molecule has 0 aliphatic rings. The molecule has 0 bridgehead atoms. The maximum absolute atomic E-state index is 13.0. The Kier molecular flexibility index (Phi) is 6.09. The molecule has 24 heavy (non-hydrogen) atoms. The minimum atomic E-state index is -0.370. The predicted octanol–water partition coefficient (Wildman–Crippen LogP) is 4.28. The fraction of sp³-hybridized carbons (Fsp3) is 0.222. The standard InChI is InChI=1S/C18H18BrFN2O2/c1-12-11-15(5-8-17(12)19)21-18(24)9-10-22(13(2)23)16-6-3-14(20)4-7-16/h3-8,11H,9-10H2,1-2H3,(H,21,24). The molecule has 0 radical (unpaired) electrons. The summed E-state index contributed by atoms with van der Waals surface area (Å²) < 4.78 is 14.0. The topological polar surface area (TPSA) is 49.4 Å². The molecule has 0 saturated carbocycles. The lowest BCUT2D eigenvalue weighted by Crippen LogP contribution is -2.31. The van der Waals surface area contributed by atoms with E-state index in [1.807, 2.05) is 19.1 Å². The van der Waals surface area contributed by atoms with Gasteiger partial charge in [0.25, 0.3) is 0 Å². The van der Waals surface area contributed by atoms with Crippen LogP contribution in [0.5, 0.6) is 0 Å². The van der Waals surface area contributed by atoms with Crippen LogP contribution in [0.3, 0.4) is 0 Å². The highest BCUT2D eigenvalue weighted by Gasteiger charge is 2.14. The van der Waals surface area contributed by atoms with Crippen molar-refractivity contribution in [3.05, 3.63) is 58.3 Å². The number of hydrogen-bond donors (Lipinski definition) is 1. The van der Waals surface area contributed by atoms with Gasteiger partial charge in [-0.2, -0.15) is 0 Å². The predicted molar refractivity (Wildman–Crippen MR) is 96.6 cm³/mol. The van der Waals surface area contributed by atoms with Crippen molar-refractivity contribution >= 4 is 39.1 Å². The van der Waals surface area contributed by atoms with Crippen molar-refractivity contribution in [1.29, 1.82) is 0 Å². The molecule has 0 aliphatic carbocycles. The Labute approximate surface area is 148 Å². The summed E-state index contributed by atoms with van der Waals surface area (Å²) in [7, 11) is 0. The molecule has 0 spiro atoms. The molecule has 126 valence electrons. The van der Waals surface area contributed by atoms with Gasteiger partial charge in [0.2, 0.25) is 11.8 Å². The van der Waals surface area contributed by atoms with E-state index in [0.717, 1.165) is 10.0 Å². The fourth-order valence-corrected chi connectivity index (χ4v) is 2.50. The highest BCUT2D eigenvalue weighted by Crippen LogP contribution is 2.20. The van der Waals surface area contributed by atoms with Gasteiger partial charge < -0.3 is 10.2 Å². The van der Waals surface area contributed by atoms with E-state index in [9.17, 15) is 14.0 Å². The Balaban J connectivity index is 1.98. The minimum Gasteiger partial charge on any atom is -0.326 e. The molecule has 0 unspecified atom stereocenters. The monoisotopic (exact) mass is 392 g/mol. The van der Waals surface area contributed by atoms with E-state index in [-0.39, 0.29) is 30.6 Å². The van der Waals surface area contributed by atoms with Crippen LogP contribution in [0.4, 0.5) is 15.8 Å². The molecule has 2 amide bonds. The van der Waals surface area contributed by atoms with Crippen LogP contribution in [0.25, 0.3) is 0 Å². The Bertz CT molecular complexity index is 747. The molecule has 2 aromatic rings. The van der Waals surface area contributed by atoms with Gasteiger partial charge in [-0.25, -0.2) is 4.39 Å². The second-order valence-electron chi connectivity index (χ2n) is 5.41. The quantitative estimate of drug-likeness (QED) is 0.825. The number of aryl methyl sites for hydroxylation is 1. The summed E-state index contributed by atoms with van der Waals surface area (Å²) in [6, 6.07) is 11.2. The van der Waals surface area contributed by atoms with Crippen LogP contribution < -0.4 is 10.2 Å². The summed E-state index contributed by atoms with van der Waals surface area (Å²) in [5, 5.41) is 2.81. The highest BCUT2D eigenvalue weighted by molar-refractivity contribution is 9.10. The summed E-state index contributed by atoms with van der Waals surface area (Å²) in [4.78, 5) is 25.3. The summed E-state index contributed by atoms with van der Waals surface area (Å²) in [6.07, 6.45) is 0.145. The summed E-state index contributed by atoms with van der Waals surface area (Å²) >= 11 is 3.41. The van der Waals surface area contributed by atoms with Crippen molar-refractivity contribution in [3.8, 4) is 0 Å². The average Bonchev–Trinajstić information content (AvgIpc) is 2.52. The van der Waals surface area contributed by atoms with Gasteiger partial charge in [-0.1, -0.05) is 15.9 Å². The van der Waals surface area contributed by atoms with Gasteiger partial charge in [-0.3, -0.25) is 9.59 Å². The van der Waals surface area contributed by atoms with Crippen molar-refractivity contribution in [2.75, 3.05) is 16.8 Å². The third-order valence-electron chi connectivity index (χ3n) is 3.52. The van der Waals surface area contributed by atoms with Crippen LogP contribution in [-0.2, 0) is 9.59 Å². The summed E-state index contributed by atoms with van der Waals surface area (Å²) in [5.41, 5.74) is 2.29. The van der Waals surface area contributed by atoms with Crippen LogP contribution in [-0.4, -0.2) is 18.4 Å². The normalized spacial score (nSPS) is 10.3. The smallest absolute Gasteiger partial charge is 0.226 e. The third kappa shape index (κ3) is 4.89. The third-order valence-corrected chi connectivity index (χ3v) is 4.41. The van der Waals surface area contributed by atoms with Gasteiger partial charge in [0.05, 0.1) is 0 Å². The van der Waals surface area contributed by atoms with Gasteiger partial charge >= 0.3 is 0 Å². The molecule has 4 nitrogen and oxygen atoms in total. The Morgan fingerprint density at radius 3 is 2.42 bits per heavy atom. The molecule has 2 rings (SSSR count). The number of halogens is 2. The number of carbonyl (C=O) groups is 2. The zero-order valence-electron chi connectivity index (χ0n) is 13.5. The molecule has 0 aromatic heterocycles.